The number of thioether (sulfide) groups is 1. The van der Waals surface area contributed by atoms with Gasteiger partial charge in [-0.15, -0.1) is 0 Å². The summed E-state index contributed by atoms with van der Waals surface area (Å²) in [6.07, 6.45) is 0.0383. The van der Waals surface area contributed by atoms with Crippen LogP contribution in [0.15, 0.2) is 0 Å². The molecule has 0 unspecified atom stereocenters. The van der Waals surface area contributed by atoms with Crippen LogP contribution in [0.5, 0.6) is 0 Å². The Morgan fingerprint density at radius 1 is 1.35 bits per heavy atom. The summed E-state index contributed by atoms with van der Waals surface area (Å²) in [6, 6.07) is 1.96. The molecule has 0 bridgehead atoms. The molecular formula is C12H15NO5S2. The van der Waals surface area contributed by atoms with E-state index in [-0.39, 0.29) is 10.8 Å². The Hall–Kier alpha value is -1.33. The SMILES string of the molecule is CCOC(=S)S[C@H]1[C@H](CC#N)C1(C(=O)OC)C(=O)OC. The largest absolute Gasteiger partial charge is 0.479 e. The highest BCUT2D eigenvalue weighted by Crippen LogP contribution is 2.62. The minimum Gasteiger partial charge on any atom is -0.479 e. The third kappa shape index (κ3) is 2.74. The van der Waals surface area contributed by atoms with Gasteiger partial charge in [-0.1, -0.05) is 11.8 Å². The smallest absolute Gasteiger partial charge is 0.324 e. The molecule has 0 N–H and O–H groups in total. The molecule has 0 amide bonds. The number of carbonyl (C=O) groups excluding carboxylic acids is 2. The quantitative estimate of drug-likeness (QED) is 0.426. The molecule has 0 saturated heterocycles. The molecule has 1 rings (SSSR count). The second kappa shape index (κ2) is 6.90. The van der Waals surface area contributed by atoms with Gasteiger partial charge in [-0.05, 0) is 19.1 Å². The van der Waals surface area contributed by atoms with Gasteiger partial charge in [0.25, 0.3) is 0 Å². The Labute approximate surface area is 126 Å². The first kappa shape index (κ1) is 16.7. The Balaban J connectivity index is 3.01. The third-order valence-electron chi connectivity index (χ3n) is 3.13. The minimum absolute atomic E-state index is 0.0383. The van der Waals surface area contributed by atoms with Gasteiger partial charge in [0.15, 0.2) is 5.41 Å². The standard InChI is InChI=1S/C12H15NO5S2/c1-4-18-11(19)20-8-7(5-6-13)12(8,9(14)16-2)10(15)17-3/h7-8H,4-5H2,1-3H3/t7-,8-/m0/s1. The van der Waals surface area contributed by atoms with Gasteiger partial charge in [0.2, 0.25) is 4.38 Å². The van der Waals surface area contributed by atoms with E-state index in [1.807, 2.05) is 6.07 Å². The van der Waals surface area contributed by atoms with Crippen LogP contribution in [-0.4, -0.2) is 42.4 Å². The number of nitriles is 1. The van der Waals surface area contributed by atoms with E-state index < -0.39 is 28.5 Å². The Morgan fingerprint density at radius 2 is 1.90 bits per heavy atom. The summed E-state index contributed by atoms with van der Waals surface area (Å²) < 4.78 is 14.8. The fraction of sp³-hybridized carbons (Fsp3) is 0.667. The highest BCUT2D eigenvalue weighted by atomic mass is 32.2. The maximum atomic E-state index is 12.0. The first-order chi connectivity index (χ1) is 9.50. The van der Waals surface area contributed by atoms with E-state index in [1.54, 1.807) is 6.92 Å². The second-order valence-corrected chi connectivity index (χ2v) is 5.79. The van der Waals surface area contributed by atoms with E-state index in [4.69, 9.17) is 31.7 Å². The van der Waals surface area contributed by atoms with Crippen LogP contribution in [0, 0.1) is 22.7 Å². The lowest BCUT2D eigenvalue weighted by atomic mass is 10.0. The zero-order valence-electron chi connectivity index (χ0n) is 11.4. The number of thiocarbonyl (C=S) groups is 1. The first-order valence-corrected chi connectivity index (χ1v) is 7.16. The van der Waals surface area contributed by atoms with E-state index in [1.165, 1.54) is 14.2 Å². The first-order valence-electron chi connectivity index (χ1n) is 5.87. The lowest BCUT2D eigenvalue weighted by molar-refractivity contribution is -0.161. The highest BCUT2D eigenvalue weighted by molar-refractivity contribution is 8.23. The van der Waals surface area contributed by atoms with Crippen molar-refractivity contribution in [3.63, 3.8) is 0 Å². The summed E-state index contributed by atoms with van der Waals surface area (Å²) in [5, 5.41) is 8.35. The molecule has 0 aromatic carbocycles. The van der Waals surface area contributed by atoms with Crippen molar-refractivity contribution >= 4 is 40.3 Å². The van der Waals surface area contributed by atoms with Gasteiger partial charge in [-0.3, -0.25) is 9.59 Å². The van der Waals surface area contributed by atoms with Crippen molar-refractivity contribution in [3.8, 4) is 6.07 Å². The summed E-state index contributed by atoms with van der Waals surface area (Å²) in [5.41, 5.74) is -1.47. The summed E-state index contributed by atoms with van der Waals surface area (Å²) in [4.78, 5) is 24.0. The molecule has 110 valence electrons. The molecule has 0 aromatic heterocycles. The van der Waals surface area contributed by atoms with Crippen molar-refractivity contribution in [1.82, 2.24) is 0 Å². The van der Waals surface area contributed by atoms with Crippen molar-refractivity contribution in [1.29, 1.82) is 5.26 Å². The molecule has 1 aliphatic carbocycles. The summed E-state index contributed by atoms with van der Waals surface area (Å²) in [6.45, 7) is 2.17. The zero-order valence-corrected chi connectivity index (χ0v) is 13.0. The normalized spacial score (nSPS) is 22.3. The van der Waals surface area contributed by atoms with Crippen LogP contribution in [0.2, 0.25) is 0 Å². The number of rotatable bonds is 5. The average molecular weight is 317 g/mol. The number of nitrogens with zero attached hydrogens (tertiary/aromatic N) is 1. The Kier molecular flexibility index (Phi) is 5.77. The van der Waals surface area contributed by atoms with Gasteiger partial charge in [-0.2, -0.15) is 5.26 Å². The van der Waals surface area contributed by atoms with Crippen molar-refractivity contribution in [2.24, 2.45) is 11.3 Å². The second-order valence-electron chi connectivity index (χ2n) is 4.04. The average Bonchev–Trinajstić information content (AvgIpc) is 3.05. The Morgan fingerprint density at radius 3 is 2.30 bits per heavy atom. The number of esters is 2. The van der Waals surface area contributed by atoms with Gasteiger partial charge in [0.05, 0.1) is 26.9 Å². The van der Waals surface area contributed by atoms with E-state index in [2.05, 4.69) is 0 Å². The van der Waals surface area contributed by atoms with Crippen LogP contribution < -0.4 is 0 Å². The molecule has 2 atom stereocenters. The van der Waals surface area contributed by atoms with Crippen LogP contribution in [0.25, 0.3) is 0 Å². The van der Waals surface area contributed by atoms with E-state index in [9.17, 15) is 9.59 Å². The fourth-order valence-electron chi connectivity index (χ4n) is 2.18. The molecule has 6 nitrogen and oxygen atoms in total. The lowest BCUT2D eigenvalue weighted by Gasteiger charge is -2.12. The summed E-state index contributed by atoms with van der Waals surface area (Å²) in [5.74, 6) is -1.90. The van der Waals surface area contributed by atoms with Crippen LogP contribution in [0.3, 0.4) is 0 Å². The topological polar surface area (TPSA) is 85.6 Å². The van der Waals surface area contributed by atoms with E-state index in [0.717, 1.165) is 11.8 Å². The van der Waals surface area contributed by atoms with Gasteiger partial charge >= 0.3 is 11.9 Å². The van der Waals surface area contributed by atoms with E-state index >= 15 is 0 Å². The monoisotopic (exact) mass is 317 g/mol. The number of hydrogen-bond acceptors (Lipinski definition) is 8. The van der Waals surface area contributed by atoms with E-state index in [0.29, 0.717) is 6.61 Å². The number of ether oxygens (including phenoxy) is 3. The Bertz CT molecular complexity index is 443. The molecule has 8 heteroatoms. The predicted octanol–water partition coefficient (Wildman–Crippen LogP) is 1.29. The molecule has 0 spiro atoms. The van der Waals surface area contributed by atoms with Crippen molar-refractivity contribution < 1.29 is 23.8 Å². The third-order valence-corrected chi connectivity index (χ3v) is 4.80. The number of hydrogen-bond donors (Lipinski definition) is 0. The van der Waals surface area contributed by atoms with Crippen LogP contribution in [0.4, 0.5) is 0 Å². The molecule has 0 aliphatic heterocycles. The fourth-order valence-corrected chi connectivity index (χ4v) is 3.95. The van der Waals surface area contributed by atoms with Crippen molar-refractivity contribution in [2.45, 2.75) is 18.6 Å². The number of methoxy groups -OCH3 is 2. The van der Waals surface area contributed by atoms with Gasteiger partial charge in [0, 0.05) is 17.6 Å². The number of carbonyl (C=O) groups is 2. The minimum atomic E-state index is -1.47. The molecular weight excluding hydrogens is 302 g/mol. The zero-order chi connectivity index (χ0) is 15.3. The molecule has 1 saturated carbocycles. The van der Waals surface area contributed by atoms with Crippen LogP contribution in [0.1, 0.15) is 13.3 Å². The van der Waals surface area contributed by atoms with Gasteiger partial charge in [0.1, 0.15) is 0 Å². The highest BCUT2D eigenvalue weighted by Gasteiger charge is 2.77. The molecule has 1 fully saturated rings. The maximum Gasteiger partial charge on any atom is 0.324 e. The predicted molar refractivity (Wildman–Crippen MR) is 75.8 cm³/mol. The molecule has 0 heterocycles. The van der Waals surface area contributed by atoms with Crippen LogP contribution >= 0.6 is 24.0 Å². The lowest BCUT2D eigenvalue weighted by Crippen LogP contribution is -2.32. The molecule has 0 aromatic rings. The van der Waals surface area contributed by atoms with Crippen LogP contribution in [-0.2, 0) is 23.8 Å². The van der Waals surface area contributed by atoms with Crippen molar-refractivity contribution in [2.75, 3.05) is 20.8 Å². The summed E-state index contributed by atoms with van der Waals surface area (Å²) in [7, 11) is 2.38. The van der Waals surface area contributed by atoms with Gasteiger partial charge < -0.3 is 14.2 Å². The summed E-state index contributed by atoms with van der Waals surface area (Å²) >= 11 is 6.10. The molecule has 20 heavy (non-hydrogen) atoms. The maximum absolute atomic E-state index is 12.0. The molecule has 0 radical (unpaired) electrons. The molecule has 1 aliphatic rings. The van der Waals surface area contributed by atoms with Crippen molar-refractivity contribution in [3.05, 3.63) is 0 Å². The van der Waals surface area contributed by atoms with Gasteiger partial charge in [-0.25, -0.2) is 0 Å².